The van der Waals surface area contributed by atoms with Crippen LogP contribution in [0.2, 0.25) is 0 Å². The molecular weight excluding hydrogens is 286 g/mol. The third kappa shape index (κ3) is 8.98. The molecule has 0 aliphatic rings. The van der Waals surface area contributed by atoms with Crippen molar-refractivity contribution in [2.75, 3.05) is 12.5 Å². The zero-order valence-corrected chi connectivity index (χ0v) is 13.2. The molecule has 0 saturated carbocycles. The van der Waals surface area contributed by atoms with Gasteiger partial charge in [-0.2, -0.15) is 0 Å². The van der Waals surface area contributed by atoms with Crippen molar-refractivity contribution >= 4 is 23.7 Å². The summed E-state index contributed by atoms with van der Waals surface area (Å²) in [7, 11) is 0. The Balaban J connectivity index is 4.52. The van der Waals surface area contributed by atoms with Crippen LogP contribution in [0.15, 0.2) is 0 Å². The van der Waals surface area contributed by atoms with E-state index in [4.69, 9.17) is 21.1 Å². The van der Waals surface area contributed by atoms with Gasteiger partial charge in [0, 0.05) is 5.88 Å². The van der Waals surface area contributed by atoms with Crippen molar-refractivity contribution in [3.05, 3.63) is 0 Å². The first-order chi connectivity index (χ1) is 9.19. The Kier molecular flexibility index (Phi) is 8.57. The topological polar surface area (TPSA) is 84.9 Å². The Morgan fingerprint density at radius 3 is 2.35 bits per heavy atom. The molecule has 0 spiro atoms. The van der Waals surface area contributed by atoms with Crippen LogP contribution in [0.3, 0.4) is 0 Å². The Morgan fingerprint density at radius 2 is 1.90 bits per heavy atom. The maximum atomic E-state index is 11.7. The fraction of sp³-hybridized carbons (Fsp3) is 0.846. The summed E-state index contributed by atoms with van der Waals surface area (Å²) in [5, 5.41) is 11.9. The van der Waals surface area contributed by atoms with E-state index in [1.807, 2.05) is 0 Å². The number of carbonyl (C=O) groups excluding carboxylic acids is 2. The van der Waals surface area contributed by atoms with Gasteiger partial charge in [0.05, 0.1) is 12.7 Å². The number of aliphatic hydroxyl groups is 1. The highest BCUT2D eigenvalue weighted by Gasteiger charge is 2.25. The predicted octanol–water partition coefficient (Wildman–Crippen LogP) is 1.82. The van der Waals surface area contributed by atoms with Gasteiger partial charge < -0.3 is 19.9 Å². The van der Waals surface area contributed by atoms with Crippen LogP contribution < -0.4 is 5.32 Å². The van der Waals surface area contributed by atoms with E-state index in [0.717, 1.165) is 0 Å². The predicted molar refractivity (Wildman–Crippen MR) is 75.8 cm³/mol. The number of aliphatic hydroxyl groups excluding tert-OH is 1. The standard InChI is InChI=1S/C13H24ClNO5/c1-5-19-11(17)10(7-6-9(16)8-14)15-12(18)20-13(2,3)4/h9-10,16H,5-8H2,1-4H3,(H,15,18)/t9-,10-/m0/s1. The number of carbonyl (C=O) groups is 2. The number of halogens is 1. The van der Waals surface area contributed by atoms with Crippen LogP contribution in [-0.2, 0) is 14.3 Å². The SMILES string of the molecule is CCOC(=O)[C@H](CC[C@H](O)CCl)NC(=O)OC(C)(C)C. The first-order valence-corrected chi connectivity index (χ1v) is 7.13. The zero-order chi connectivity index (χ0) is 15.8. The number of alkyl halides is 1. The summed E-state index contributed by atoms with van der Waals surface area (Å²) in [4.78, 5) is 23.4. The molecule has 0 heterocycles. The first kappa shape index (κ1) is 19.0. The highest BCUT2D eigenvalue weighted by atomic mass is 35.5. The second-order valence-electron chi connectivity index (χ2n) is 5.34. The van der Waals surface area contributed by atoms with Crippen molar-refractivity contribution in [3.8, 4) is 0 Å². The summed E-state index contributed by atoms with van der Waals surface area (Å²) in [5.41, 5.74) is -0.654. The van der Waals surface area contributed by atoms with E-state index in [9.17, 15) is 14.7 Å². The number of amides is 1. The lowest BCUT2D eigenvalue weighted by Gasteiger charge is -2.23. The van der Waals surface area contributed by atoms with Gasteiger partial charge in [-0.1, -0.05) is 0 Å². The number of esters is 1. The van der Waals surface area contributed by atoms with Gasteiger partial charge in [-0.15, -0.1) is 11.6 Å². The van der Waals surface area contributed by atoms with Gasteiger partial charge in [-0.05, 0) is 40.5 Å². The molecule has 0 unspecified atom stereocenters. The highest BCUT2D eigenvalue weighted by molar-refractivity contribution is 6.18. The summed E-state index contributed by atoms with van der Waals surface area (Å²) >= 11 is 5.49. The molecule has 1 amide bonds. The highest BCUT2D eigenvalue weighted by Crippen LogP contribution is 2.09. The molecule has 0 aromatic heterocycles. The van der Waals surface area contributed by atoms with Crippen molar-refractivity contribution in [1.29, 1.82) is 0 Å². The van der Waals surface area contributed by atoms with Gasteiger partial charge in [-0.25, -0.2) is 9.59 Å². The van der Waals surface area contributed by atoms with Crippen molar-refractivity contribution in [1.82, 2.24) is 5.32 Å². The van der Waals surface area contributed by atoms with E-state index >= 15 is 0 Å². The van der Waals surface area contributed by atoms with Crippen molar-refractivity contribution in [2.45, 2.75) is 58.3 Å². The third-order valence-corrected chi connectivity index (χ3v) is 2.58. The van der Waals surface area contributed by atoms with Crippen LogP contribution in [0.1, 0.15) is 40.5 Å². The summed E-state index contributed by atoms with van der Waals surface area (Å²) in [6.07, 6.45) is -0.917. The Labute approximate surface area is 124 Å². The molecule has 0 aliphatic heterocycles. The minimum absolute atomic E-state index is 0.0714. The average Bonchev–Trinajstić information content (AvgIpc) is 2.31. The van der Waals surface area contributed by atoms with Crippen molar-refractivity contribution in [3.63, 3.8) is 0 Å². The largest absolute Gasteiger partial charge is 0.464 e. The van der Waals surface area contributed by atoms with Crippen LogP contribution >= 0.6 is 11.6 Å². The van der Waals surface area contributed by atoms with E-state index in [2.05, 4.69) is 5.32 Å². The molecule has 0 radical (unpaired) electrons. The quantitative estimate of drug-likeness (QED) is 0.553. The Bertz CT molecular complexity index is 316. The van der Waals surface area contributed by atoms with Crippen LogP contribution in [-0.4, -0.2) is 47.4 Å². The zero-order valence-electron chi connectivity index (χ0n) is 12.4. The number of hydrogen-bond donors (Lipinski definition) is 2. The fourth-order valence-corrected chi connectivity index (χ4v) is 1.53. The van der Waals surface area contributed by atoms with E-state index in [0.29, 0.717) is 0 Å². The second kappa shape index (κ2) is 9.02. The summed E-state index contributed by atoms with van der Waals surface area (Å²) in [6, 6.07) is -0.859. The van der Waals surface area contributed by atoms with Gasteiger partial charge in [0.25, 0.3) is 0 Å². The lowest BCUT2D eigenvalue weighted by molar-refractivity contribution is -0.146. The summed E-state index contributed by atoms with van der Waals surface area (Å²) in [5.74, 6) is -0.484. The molecule has 118 valence electrons. The normalized spacial score (nSPS) is 14.3. The molecule has 2 atom stereocenters. The number of alkyl carbamates (subject to hydrolysis) is 1. The monoisotopic (exact) mass is 309 g/mol. The molecule has 0 aromatic rings. The number of rotatable bonds is 7. The molecule has 6 nitrogen and oxygen atoms in total. The van der Waals surface area contributed by atoms with Gasteiger partial charge in [0.1, 0.15) is 11.6 Å². The van der Waals surface area contributed by atoms with E-state index in [-0.39, 0.29) is 25.3 Å². The molecule has 0 rings (SSSR count). The number of nitrogens with one attached hydrogen (secondary N) is 1. The Hall–Kier alpha value is -1.01. The number of ether oxygens (including phenoxy) is 2. The molecule has 0 saturated heterocycles. The molecule has 0 aliphatic carbocycles. The maximum absolute atomic E-state index is 11.7. The minimum atomic E-state index is -0.859. The smallest absolute Gasteiger partial charge is 0.408 e. The average molecular weight is 310 g/mol. The van der Waals surface area contributed by atoms with Crippen LogP contribution in [0.5, 0.6) is 0 Å². The molecule has 20 heavy (non-hydrogen) atoms. The molecule has 0 aromatic carbocycles. The lowest BCUT2D eigenvalue weighted by atomic mass is 10.1. The molecule has 2 N–H and O–H groups in total. The van der Waals surface area contributed by atoms with E-state index in [1.54, 1.807) is 27.7 Å². The van der Waals surface area contributed by atoms with Gasteiger partial charge in [-0.3, -0.25) is 0 Å². The molecule has 0 fully saturated rings. The first-order valence-electron chi connectivity index (χ1n) is 6.59. The van der Waals surface area contributed by atoms with E-state index in [1.165, 1.54) is 0 Å². The van der Waals surface area contributed by atoms with Gasteiger partial charge >= 0.3 is 12.1 Å². The Morgan fingerprint density at radius 1 is 1.30 bits per heavy atom. The second-order valence-corrected chi connectivity index (χ2v) is 5.64. The van der Waals surface area contributed by atoms with Gasteiger partial charge in [0.2, 0.25) is 0 Å². The summed E-state index contributed by atoms with van der Waals surface area (Å²) in [6.45, 7) is 7.06. The van der Waals surface area contributed by atoms with E-state index < -0.39 is 29.8 Å². The van der Waals surface area contributed by atoms with Crippen LogP contribution in [0, 0.1) is 0 Å². The molecule has 0 bridgehead atoms. The lowest BCUT2D eigenvalue weighted by Crippen LogP contribution is -2.44. The molecule has 7 heteroatoms. The van der Waals surface area contributed by atoms with Crippen molar-refractivity contribution < 1.29 is 24.2 Å². The van der Waals surface area contributed by atoms with Crippen LogP contribution in [0.4, 0.5) is 4.79 Å². The minimum Gasteiger partial charge on any atom is -0.464 e. The van der Waals surface area contributed by atoms with Crippen molar-refractivity contribution in [2.24, 2.45) is 0 Å². The van der Waals surface area contributed by atoms with Gasteiger partial charge in [0.15, 0.2) is 0 Å². The fourth-order valence-electron chi connectivity index (χ4n) is 1.38. The number of hydrogen-bond acceptors (Lipinski definition) is 5. The maximum Gasteiger partial charge on any atom is 0.408 e. The third-order valence-electron chi connectivity index (χ3n) is 2.23. The summed E-state index contributed by atoms with van der Waals surface area (Å²) < 4.78 is 9.96. The van der Waals surface area contributed by atoms with Crippen LogP contribution in [0.25, 0.3) is 0 Å². The molecular formula is C13H24ClNO5.